The summed E-state index contributed by atoms with van der Waals surface area (Å²) in [6.07, 6.45) is 4.99. The number of rotatable bonds is 4. The van der Waals surface area contributed by atoms with E-state index in [0.29, 0.717) is 12.0 Å². The first kappa shape index (κ1) is 16.2. The maximum Gasteiger partial charge on any atom is 0.411 e. The molecule has 1 aromatic rings. The molecule has 0 radical (unpaired) electrons. The summed E-state index contributed by atoms with van der Waals surface area (Å²) in [5, 5.41) is 3.65. The number of para-hydroxylation sites is 1. The van der Waals surface area contributed by atoms with E-state index in [9.17, 15) is 9.59 Å². The van der Waals surface area contributed by atoms with Crippen molar-refractivity contribution in [2.45, 2.75) is 50.2 Å². The molecule has 6 heteroatoms. The van der Waals surface area contributed by atoms with Crippen molar-refractivity contribution < 1.29 is 19.1 Å². The monoisotopic (exact) mass is 344 g/mol. The molecule has 134 valence electrons. The second-order valence-electron chi connectivity index (χ2n) is 7.15. The average Bonchev–Trinajstić information content (AvgIpc) is 3.36. The summed E-state index contributed by atoms with van der Waals surface area (Å²) < 4.78 is 9.85. The first-order chi connectivity index (χ1) is 12.2. The Morgan fingerprint density at radius 1 is 1.20 bits per heavy atom. The van der Waals surface area contributed by atoms with Crippen LogP contribution in [0.1, 0.15) is 43.7 Å². The van der Waals surface area contributed by atoms with Crippen molar-refractivity contribution in [3.05, 3.63) is 29.8 Å². The summed E-state index contributed by atoms with van der Waals surface area (Å²) in [7, 11) is 1.29. The Balaban J connectivity index is 1.63. The number of carbonyl (C=O) groups is 2. The highest BCUT2D eigenvalue weighted by molar-refractivity contribution is 5.76. The fourth-order valence-corrected chi connectivity index (χ4v) is 4.32. The molecule has 0 bridgehead atoms. The highest BCUT2D eigenvalue weighted by Gasteiger charge is 2.48. The first-order valence-corrected chi connectivity index (χ1v) is 9.06. The predicted octanol–water partition coefficient (Wildman–Crippen LogP) is 3.10. The lowest BCUT2D eigenvalue weighted by Gasteiger charge is -2.43. The number of nitrogens with zero attached hydrogens (tertiary/aromatic N) is 1. The number of esters is 1. The summed E-state index contributed by atoms with van der Waals surface area (Å²) in [5.74, 6) is -0.144. The van der Waals surface area contributed by atoms with E-state index in [2.05, 4.69) is 22.2 Å². The van der Waals surface area contributed by atoms with Crippen LogP contribution in [0.25, 0.3) is 0 Å². The van der Waals surface area contributed by atoms with Crippen LogP contribution in [0.4, 0.5) is 10.5 Å². The van der Waals surface area contributed by atoms with Crippen LogP contribution >= 0.6 is 0 Å². The number of amides is 1. The number of carbonyl (C=O) groups excluding carboxylic acids is 2. The van der Waals surface area contributed by atoms with Gasteiger partial charge in [0.05, 0.1) is 13.2 Å². The minimum atomic E-state index is -0.534. The van der Waals surface area contributed by atoms with Gasteiger partial charge in [0.1, 0.15) is 0 Å². The lowest BCUT2D eigenvalue weighted by atomic mass is 9.83. The highest BCUT2D eigenvalue weighted by Crippen LogP contribution is 2.50. The third-order valence-electron chi connectivity index (χ3n) is 5.59. The van der Waals surface area contributed by atoms with Crippen LogP contribution in [0.5, 0.6) is 0 Å². The topological polar surface area (TPSA) is 67.9 Å². The Morgan fingerprint density at radius 2 is 2.00 bits per heavy atom. The third kappa shape index (κ3) is 3.05. The lowest BCUT2D eigenvalue weighted by Crippen LogP contribution is -2.46. The molecule has 1 amide bonds. The molecule has 1 heterocycles. The number of fused-ring (bicyclic) bond motifs is 2. The summed E-state index contributed by atoms with van der Waals surface area (Å²) in [5.41, 5.74) is 2.27. The Bertz CT molecular complexity index is 673. The van der Waals surface area contributed by atoms with Gasteiger partial charge in [-0.3, -0.25) is 4.90 Å². The second kappa shape index (κ2) is 6.58. The van der Waals surface area contributed by atoms with E-state index >= 15 is 0 Å². The fourth-order valence-electron chi connectivity index (χ4n) is 4.32. The lowest BCUT2D eigenvalue weighted by molar-refractivity contribution is -0.144. The van der Waals surface area contributed by atoms with Gasteiger partial charge in [0.25, 0.3) is 0 Å². The van der Waals surface area contributed by atoms with Gasteiger partial charge in [-0.2, -0.15) is 0 Å². The van der Waals surface area contributed by atoms with E-state index in [0.717, 1.165) is 36.9 Å². The Hall–Kier alpha value is -2.24. The molecule has 3 unspecified atom stereocenters. The van der Waals surface area contributed by atoms with Crippen molar-refractivity contribution in [3.63, 3.8) is 0 Å². The van der Waals surface area contributed by atoms with E-state index in [1.54, 1.807) is 0 Å². The molecule has 2 saturated carbocycles. The van der Waals surface area contributed by atoms with Crippen molar-refractivity contribution in [1.29, 1.82) is 0 Å². The normalized spacial score (nSPS) is 26.8. The zero-order valence-electron chi connectivity index (χ0n) is 14.4. The third-order valence-corrected chi connectivity index (χ3v) is 5.59. The number of hydrogen-bond donors (Lipinski definition) is 1. The van der Waals surface area contributed by atoms with Crippen LogP contribution in [0.2, 0.25) is 0 Å². The Labute approximate surface area is 147 Å². The minimum Gasteiger partial charge on any atom is -0.466 e. The van der Waals surface area contributed by atoms with E-state index < -0.39 is 12.1 Å². The quantitative estimate of drug-likeness (QED) is 0.850. The molecule has 1 aromatic carbocycles. The van der Waals surface area contributed by atoms with E-state index in [-0.39, 0.29) is 18.7 Å². The first-order valence-electron chi connectivity index (χ1n) is 9.06. The van der Waals surface area contributed by atoms with Crippen molar-refractivity contribution >= 4 is 17.7 Å². The summed E-state index contributed by atoms with van der Waals surface area (Å²) >= 11 is 0. The molecule has 0 saturated heterocycles. The molecule has 1 N–H and O–H groups in total. The molecule has 0 spiro atoms. The molecule has 3 atom stereocenters. The van der Waals surface area contributed by atoms with Crippen LogP contribution < -0.4 is 5.32 Å². The maximum atomic E-state index is 12.8. The van der Waals surface area contributed by atoms with Gasteiger partial charge in [-0.05, 0) is 37.3 Å². The van der Waals surface area contributed by atoms with Crippen LogP contribution in [0.3, 0.4) is 0 Å². The van der Waals surface area contributed by atoms with E-state index in [1.807, 2.05) is 17.0 Å². The van der Waals surface area contributed by atoms with E-state index in [4.69, 9.17) is 4.74 Å². The molecular formula is C19H24N2O4. The van der Waals surface area contributed by atoms with Gasteiger partial charge in [-0.15, -0.1) is 0 Å². The molecule has 1 aliphatic heterocycles. The molecule has 4 rings (SSSR count). The molecule has 3 aliphatic rings. The molecular weight excluding hydrogens is 320 g/mol. The summed E-state index contributed by atoms with van der Waals surface area (Å²) in [6, 6.07) is 8.86. The van der Waals surface area contributed by atoms with Gasteiger partial charge in [-0.25, -0.2) is 9.59 Å². The van der Waals surface area contributed by atoms with Crippen LogP contribution in [0, 0.1) is 5.92 Å². The number of hydrogen-bond acceptors (Lipinski definition) is 5. The minimum absolute atomic E-state index is 0.0163. The molecule has 2 aliphatic carbocycles. The number of methoxy groups -OCH3 is 1. The van der Waals surface area contributed by atoms with Crippen LogP contribution in [0.15, 0.2) is 24.3 Å². The molecule has 25 heavy (non-hydrogen) atoms. The largest absolute Gasteiger partial charge is 0.466 e. The Morgan fingerprint density at radius 3 is 2.76 bits per heavy atom. The molecule has 6 nitrogen and oxygen atoms in total. The van der Waals surface area contributed by atoms with Gasteiger partial charge >= 0.3 is 12.1 Å². The summed E-state index contributed by atoms with van der Waals surface area (Å²) in [6.45, 7) is -0.334. The average molecular weight is 344 g/mol. The van der Waals surface area contributed by atoms with Gasteiger partial charge in [0.15, 0.2) is 6.61 Å². The molecule has 0 aromatic heterocycles. The summed E-state index contributed by atoms with van der Waals surface area (Å²) in [4.78, 5) is 26.1. The fraction of sp³-hybridized carbons (Fsp3) is 0.579. The van der Waals surface area contributed by atoms with Crippen molar-refractivity contribution in [2.24, 2.45) is 5.92 Å². The Kier molecular flexibility index (Phi) is 4.27. The number of anilines is 1. The standard InChI is InChI=1S/C19H24N2O4/c1-24-17(22)11-25-19(23)21(12-9-10-12)18-13-5-2-3-7-15(13)20-16-8-4-6-14(16)18/h2-3,5,7,12,14,16,18,20H,4,6,8-11H2,1H3. The van der Waals surface area contributed by atoms with Crippen LogP contribution in [-0.4, -0.2) is 42.8 Å². The zero-order chi connectivity index (χ0) is 17.4. The number of nitrogens with one attached hydrogen (secondary N) is 1. The van der Waals surface area contributed by atoms with Gasteiger partial charge < -0.3 is 14.8 Å². The maximum absolute atomic E-state index is 12.8. The zero-order valence-corrected chi connectivity index (χ0v) is 14.4. The highest BCUT2D eigenvalue weighted by atomic mass is 16.6. The van der Waals surface area contributed by atoms with Gasteiger partial charge in [-0.1, -0.05) is 24.6 Å². The second-order valence-corrected chi connectivity index (χ2v) is 7.15. The molecule has 2 fully saturated rings. The van der Waals surface area contributed by atoms with Gasteiger partial charge in [0, 0.05) is 23.7 Å². The van der Waals surface area contributed by atoms with Gasteiger partial charge in [0.2, 0.25) is 0 Å². The van der Waals surface area contributed by atoms with Crippen molar-refractivity contribution in [2.75, 3.05) is 19.0 Å². The smallest absolute Gasteiger partial charge is 0.411 e. The van der Waals surface area contributed by atoms with E-state index in [1.165, 1.54) is 13.5 Å². The van der Waals surface area contributed by atoms with Crippen molar-refractivity contribution in [3.8, 4) is 0 Å². The number of benzene rings is 1. The van der Waals surface area contributed by atoms with Crippen molar-refractivity contribution in [1.82, 2.24) is 4.90 Å². The SMILES string of the molecule is COC(=O)COC(=O)N(C1CC1)C1c2ccccc2NC2CCCC21. The number of ether oxygens (including phenoxy) is 2. The van der Waals surface area contributed by atoms with Crippen LogP contribution in [-0.2, 0) is 14.3 Å². The predicted molar refractivity (Wildman–Crippen MR) is 92.2 cm³/mol.